The van der Waals surface area contributed by atoms with E-state index in [4.69, 9.17) is 14.2 Å². The van der Waals surface area contributed by atoms with Crippen LogP contribution in [0.2, 0.25) is 0 Å². The number of carbonyl (C=O) groups is 2. The van der Waals surface area contributed by atoms with Gasteiger partial charge in [0.25, 0.3) is 5.91 Å². The fourth-order valence-corrected chi connectivity index (χ4v) is 3.60. The summed E-state index contributed by atoms with van der Waals surface area (Å²) in [7, 11) is 4.45. The van der Waals surface area contributed by atoms with Crippen molar-refractivity contribution in [1.82, 2.24) is 9.97 Å². The van der Waals surface area contributed by atoms with Gasteiger partial charge in [-0.1, -0.05) is 13.8 Å². The van der Waals surface area contributed by atoms with Gasteiger partial charge in [-0.05, 0) is 30.9 Å². The molecule has 8 nitrogen and oxygen atoms in total. The van der Waals surface area contributed by atoms with E-state index in [0.717, 1.165) is 0 Å². The largest absolute Gasteiger partial charge is 0.493 e. The molecule has 1 heterocycles. The Kier molecular flexibility index (Phi) is 5.46. The molecular formula is C21H25N3O5. The summed E-state index contributed by atoms with van der Waals surface area (Å²) in [5, 5.41) is 2.71. The molecule has 1 N–H and O–H groups in total. The maximum absolute atomic E-state index is 12.8. The van der Waals surface area contributed by atoms with Crippen LogP contribution in [0.25, 0.3) is 0 Å². The van der Waals surface area contributed by atoms with Gasteiger partial charge in [-0.2, -0.15) is 0 Å². The molecule has 1 aliphatic carbocycles. The molecule has 0 unspecified atom stereocenters. The van der Waals surface area contributed by atoms with Crippen molar-refractivity contribution in [3.63, 3.8) is 0 Å². The van der Waals surface area contributed by atoms with Crippen LogP contribution >= 0.6 is 0 Å². The molecule has 0 atom stereocenters. The van der Waals surface area contributed by atoms with E-state index in [1.807, 2.05) is 13.8 Å². The van der Waals surface area contributed by atoms with Gasteiger partial charge in [0.05, 0.1) is 38.3 Å². The zero-order valence-corrected chi connectivity index (χ0v) is 17.5. The maximum Gasteiger partial charge on any atom is 0.258 e. The van der Waals surface area contributed by atoms with E-state index in [0.29, 0.717) is 52.6 Å². The Bertz CT molecular complexity index is 960. The van der Waals surface area contributed by atoms with Crippen molar-refractivity contribution in [3.05, 3.63) is 34.6 Å². The highest BCUT2D eigenvalue weighted by atomic mass is 16.5. The lowest BCUT2D eigenvalue weighted by Gasteiger charge is -2.30. The van der Waals surface area contributed by atoms with Crippen molar-refractivity contribution in [3.8, 4) is 17.2 Å². The van der Waals surface area contributed by atoms with Crippen LogP contribution in [-0.2, 0) is 6.42 Å². The zero-order chi connectivity index (χ0) is 21.3. The third-order valence-corrected chi connectivity index (χ3v) is 4.88. The molecule has 0 aliphatic heterocycles. The van der Waals surface area contributed by atoms with Crippen LogP contribution in [0.3, 0.4) is 0 Å². The van der Waals surface area contributed by atoms with E-state index < -0.39 is 5.91 Å². The molecule has 1 amide bonds. The van der Waals surface area contributed by atoms with Crippen LogP contribution in [0.15, 0.2) is 12.1 Å². The van der Waals surface area contributed by atoms with Gasteiger partial charge in [0, 0.05) is 12.0 Å². The Morgan fingerprint density at radius 2 is 1.66 bits per heavy atom. The van der Waals surface area contributed by atoms with Gasteiger partial charge in [-0.3, -0.25) is 14.9 Å². The lowest BCUT2D eigenvalue weighted by atomic mass is 9.75. The van der Waals surface area contributed by atoms with Gasteiger partial charge in [0.15, 0.2) is 17.3 Å². The number of nitrogens with zero attached hydrogens (tertiary/aromatic N) is 2. The topological polar surface area (TPSA) is 99.6 Å². The number of ether oxygens (including phenoxy) is 3. The first-order valence-electron chi connectivity index (χ1n) is 9.21. The Labute approximate surface area is 169 Å². The highest BCUT2D eigenvalue weighted by Gasteiger charge is 2.34. The molecule has 0 spiro atoms. The molecular weight excluding hydrogens is 374 g/mol. The van der Waals surface area contributed by atoms with Crippen LogP contribution in [0.5, 0.6) is 17.2 Å². The molecule has 0 fully saturated rings. The van der Waals surface area contributed by atoms with E-state index in [-0.39, 0.29) is 17.1 Å². The number of anilines is 1. The second-order valence-electron chi connectivity index (χ2n) is 7.76. The smallest absolute Gasteiger partial charge is 0.258 e. The highest BCUT2D eigenvalue weighted by molar-refractivity contribution is 6.04. The summed E-state index contributed by atoms with van der Waals surface area (Å²) in [4.78, 5) is 34.1. The van der Waals surface area contributed by atoms with Gasteiger partial charge < -0.3 is 14.2 Å². The van der Waals surface area contributed by atoms with E-state index in [2.05, 4.69) is 15.3 Å². The Morgan fingerprint density at radius 1 is 1.03 bits per heavy atom. The van der Waals surface area contributed by atoms with Crippen molar-refractivity contribution in [2.24, 2.45) is 5.41 Å². The van der Waals surface area contributed by atoms with E-state index in [9.17, 15) is 9.59 Å². The van der Waals surface area contributed by atoms with Gasteiger partial charge in [0.1, 0.15) is 0 Å². The predicted octanol–water partition coefficient (Wildman–Crippen LogP) is 3.22. The molecule has 0 saturated heterocycles. The Hall–Kier alpha value is -3.16. The molecule has 2 aromatic rings. The van der Waals surface area contributed by atoms with Crippen molar-refractivity contribution < 1.29 is 23.8 Å². The number of carbonyl (C=O) groups excluding carboxylic acids is 2. The van der Waals surface area contributed by atoms with Crippen LogP contribution < -0.4 is 19.5 Å². The lowest BCUT2D eigenvalue weighted by Crippen LogP contribution is -2.30. The van der Waals surface area contributed by atoms with Crippen molar-refractivity contribution in [1.29, 1.82) is 0 Å². The predicted molar refractivity (Wildman–Crippen MR) is 107 cm³/mol. The van der Waals surface area contributed by atoms with Crippen LogP contribution in [0.1, 0.15) is 52.4 Å². The molecule has 154 valence electrons. The number of hydrogen-bond donors (Lipinski definition) is 1. The number of hydrogen-bond acceptors (Lipinski definition) is 7. The monoisotopic (exact) mass is 399 g/mol. The number of ketones is 1. The van der Waals surface area contributed by atoms with E-state index in [1.54, 1.807) is 19.1 Å². The van der Waals surface area contributed by atoms with Crippen LogP contribution in [0.4, 0.5) is 5.95 Å². The number of methoxy groups -OCH3 is 3. The number of amides is 1. The highest BCUT2D eigenvalue weighted by Crippen LogP contribution is 2.38. The van der Waals surface area contributed by atoms with Gasteiger partial charge in [-0.15, -0.1) is 0 Å². The minimum absolute atomic E-state index is 0.0382. The molecule has 29 heavy (non-hydrogen) atoms. The first-order valence-corrected chi connectivity index (χ1v) is 9.21. The van der Waals surface area contributed by atoms with Gasteiger partial charge in [0.2, 0.25) is 11.7 Å². The first kappa shape index (κ1) is 20.6. The number of nitrogens with one attached hydrogen (secondary N) is 1. The molecule has 1 aromatic heterocycles. The van der Waals surface area contributed by atoms with Gasteiger partial charge in [-0.25, -0.2) is 9.97 Å². The summed E-state index contributed by atoms with van der Waals surface area (Å²) in [5.41, 5.74) is 1.92. The fourth-order valence-electron chi connectivity index (χ4n) is 3.60. The maximum atomic E-state index is 12.8. The molecule has 0 bridgehead atoms. The van der Waals surface area contributed by atoms with Crippen LogP contribution in [0, 0.1) is 12.3 Å². The fraction of sp³-hybridized carbons (Fsp3) is 0.429. The average molecular weight is 399 g/mol. The Balaban J connectivity index is 1.94. The normalized spacial score (nSPS) is 14.8. The number of fused-ring (bicyclic) bond motifs is 1. The number of aryl methyl sites for hydroxylation is 1. The van der Waals surface area contributed by atoms with Crippen molar-refractivity contribution in [2.45, 2.75) is 33.6 Å². The summed E-state index contributed by atoms with van der Waals surface area (Å²) in [6, 6.07) is 3.10. The number of aromatic nitrogens is 2. The molecule has 3 rings (SSSR count). The van der Waals surface area contributed by atoms with Crippen molar-refractivity contribution in [2.75, 3.05) is 26.6 Å². The van der Waals surface area contributed by atoms with E-state index in [1.165, 1.54) is 21.3 Å². The third-order valence-electron chi connectivity index (χ3n) is 4.88. The zero-order valence-electron chi connectivity index (χ0n) is 17.5. The minimum atomic E-state index is -0.426. The summed E-state index contributed by atoms with van der Waals surface area (Å²) in [6.45, 7) is 5.81. The molecule has 0 saturated carbocycles. The number of benzene rings is 1. The standard InChI is InChI=1S/C21H25N3O5/c1-11-17-13(9-21(2,3)10-14(17)25)23-20(22-11)24-19(26)12-7-15(27-4)18(29-6)16(8-12)28-5/h7-8H,9-10H2,1-6H3,(H,22,23,24,26). The first-order chi connectivity index (χ1) is 13.7. The van der Waals surface area contributed by atoms with Gasteiger partial charge >= 0.3 is 0 Å². The summed E-state index contributed by atoms with van der Waals surface area (Å²) in [5.74, 6) is 0.902. The molecule has 1 aromatic carbocycles. The molecule has 1 aliphatic rings. The SMILES string of the molecule is COc1cc(C(=O)Nc2nc(C)c3c(n2)CC(C)(C)CC3=O)cc(OC)c1OC. The number of rotatable bonds is 5. The van der Waals surface area contributed by atoms with Crippen molar-refractivity contribution >= 4 is 17.6 Å². The number of Topliss-reactive ketones (excluding diaryl/α,β-unsaturated/α-hetero) is 1. The minimum Gasteiger partial charge on any atom is -0.493 e. The third kappa shape index (κ3) is 4.01. The summed E-state index contributed by atoms with van der Waals surface area (Å²) >= 11 is 0. The lowest BCUT2D eigenvalue weighted by molar-refractivity contribution is 0.0908. The average Bonchev–Trinajstić information content (AvgIpc) is 2.64. The summed E-state index contributed by atoms with van der Waals surface area (Å²) in [6.07, 6.45) is 1.10. The second-order valence-corrected chi connectivity index (χ2v) is 7.76. The summed E-state index contributed by atoms with van der Waals surface area (Å²) < 4.78 is 15.9. The second kappa shape index (κ2) is 7.69. The Morgan fingerprint density at radius 3 is 2.21 bits per heavy atom. The molecule has 0 radical (unpaired) electrons. The molecule has 8 heteroatoms. The quantitative estimate of drug-likeness (QED) is 0.824. The van der Waals surface area contributed by atoms with E-state index >= 15 is 0 Å². The van der Waals surface area contributed by atoms with Crippen LogP contribution in [-0.4, -0.2) is 43.0 Å².